The van der Waals surface area contributed by atoms with Gasteiger partial charge in [0.15, 0.2) is 18.4 Å². The molecule has 0 aromatic rings. The van der Waals surface area contributed by atoms with Crippen LogP contribution in [0, 0.1) is 35.5 Å². The molecule has 0 spiro atoms. The van der Waals surface area contributed by atoms with Crippen molar-refractivity contribution in [3.63, 3.8) is 0 Å². The van der Waals surface area contributed by atoms with Crippen molar-refractivity contribution in [2.24, 2.45) is 35.5 Å². The predicted octanol–water partition coefficient (Wildman–Crippen LogP) is 5.49. The zero-order valence-corrected chi connectivity index (χ0v) is 32.9. The minimum absolute atomic E-state index is 0.0380. The van der Waals surface area contributed by atoms with Crippen molar-refractivity contribution >= 4 is 11.8 Å². The Bertz CT molecular complexity index is 1290. The number of cyclic esters (lactones) is 1. The second-order valence-electron chi connectivity index (χ2n) is 16.5. The van der Waals surface area contributed by atoms with Gasteiger partial charge in [0.25, 0.3) is 0 Å². The van der Waals surface area contributed by atoms with Crippen LogP contribution in [0.2, 0.25) is 0 Å². The summed E-state index contributed by atoms with van der Waals surface area (Å²) in [5.74, 6) is 0.0198. The van der Waals surface area contributed by atoms with Crippen LogP contribution in [0.4, 0.5) is 0 Å². The van der Waals surface area contributed by atoms with E-state index >= 15 is 0 Å². The fourth-order valence-corrected chi connectivity index (χ4v) is 10.4. The molecule has 0 aromatic carbocycles. The summed E-state index contributed by atoms with van der Waals surface area (Å²) in [5.41, 5.74) is 0.763. The van der Waals surface area contributed by atoms with Gasteiger partial charge in [0.05, 0.1) is 30.8 Å². The first-order chi connectivity index (χ1) is 25.0. The molecule has 1 saturated carbocycles. The number of hydrogen-bond acceptors (Lipinski definition) is 11. The first kappa shape index (κ1) is 40.0. The van der Waals surface area contributed by atoms with Gasteiger partial charge in [-0.05, 0) is 109 Å². The molecule has 52 heavy (non-hydrogen) atoms. The molecule has 3 aliphatic carbocycles. The minimum Gasteiger partial charge on any atom is -0.462 e. The first-order valence-electron chi connectivity index (χ1n) is 20.0. The van der Waals surface area contributed by atoms with Gasteiger partial charge in [0.2, 0.25) is 0 Å². The van der Waals surface area contributed by atoms with E-state index < -0.39 is 12.4 Å². The molecule has 6 aliphatic rings. The summed E-state index contributed by atoms with van der Waals surface area (Å²) < 4.78 is 49.5. The lowest BCUT2D eigenvalue weighted by Gasteiger charge is -2.44. The van der Waals surface area contributed by atoms with E-state index in [1.807, 2.05) is 13.8 Å². The Balaban J connectivity index is 1.20. The molecule has 294 valence electrons. The molecular formula is C41H65NO10. The van der Waals surface area contributed by atoms with Crippen molar-refractivity contribution in [2.45, 2.75) is 153 Å². The molecule has 17 atom stereocenters. The monoisotopic (exact) mass is 731 g/mol. The van der Waals surface area contributed by atoms with Gasteiger partial charge >= 0.3 is 5.97 Å². The highest BCUT2D eigenvalue weighted by Crippen LogP contribution is 2.54. The summed E-state index contributed by atoms with van der Waals surface area (Å²) in [7, 11) is 9.15. The molecule has 0 aromatic heterocycles. The van der Waals surface area contributed by atoms with E-state index in [1.54, 1.807) is 21.3 Å². The number of ketones is 1. The number of methoxy groups -OCH3 is 3. The Morgan fingerprint density at radius 1 is 0.827 bits per heavy atom. The highest BCUT2D eigenvalue weighted by atomic mass is 16.7. The van der Waals surface area contributed by atoms with E-state index in [0.29, 0.717) is 18.4 Å². The molecule has 11 heteroatoms. The molecule has 0 amide bonds. The fourth-order valence-electron chi connectivity index (χ4n) is 10.4. The van der Waals surface area contributed by atoms with Crippen molar-refractivity contribution in [2.75, 3.05) is 35.4 Å². The van der Waals surface area contributed by atoms with Crippen LogP contribution in [-0.2, 0) is 47.5 Å². The van der Waals surface area contributed by atoms with E-state index in [2.05, 4.69) is 51.1 Å². The van der Waals surface area contributed by atoms with Gasteiger partial charge in [-0.3, -0.25) is 9.59 Å². The summed E-state index contributed by atoms with van der Waals surface area (Å²) in [4.78, 5) is 30.4. The second kappa shape index (κ2) is 17.4. The Morgan fingerprint density at radius 2 is 1.58 bits per heavy atom. The Kier molecular flexibility index (Phi) is 13.4. The van der Waals surface area contributed by atoms with Crippen LogP contribution >= 0.6 is 0 Å². The second-order valence-corrected chi connectivity index (χ2v) is 16.5. The Labute approximate surface area is 311 Å². The summed E-state index contributed by atoms with van der Waals surface area (Å²) in [5, 5.41) is 0. The largest absolute Gasteiger partial charge is 0.462 e. The van der Waals surface area contributed by atoms with E-state index in [-0.39, 0.29) is 96.8 Å². The number of nitrogens with zero attached hydrogens (tertiary/aromatic N) is 1. The van der Waals surface area contributed by atoms with E-state index in [4.69, 9.17) is 37.9 Å². The molecule has 6 rings (SSSR count). The number of hydrogen-bond donors (Lipinski definition) is 0. The summed E-state index contributed by atoms with van der Waals surface area (Å²) in [6.07, 6.45) is 10.8. The third-order valence-corrected chi connectivity index (χ3v) is 13.3. The standard InChI is InChI=1S/C41H65NO10/c1-10-26-12-11-13-34(52-36-17-16-33(42(5)6)23(3)48-36)22(2)37(44)32-20-30-28(31(32)21-35(43)50-26)15-14-25-18-27(19-29(25)30)51-41-40(47-9)39(46-8)38(45-7)24(4)49-41/h14-15,20,22-31,33-34,36,38-41H,10-13,16-19,21H2,1-9H3/t22?,23?,24-,25?,26?,27?,28?,29?,30?,31?,33?,34?,36?,38-,39+,40+,41-/m0/s1. The number of carbonyl (C=O) groups excluding carboxylic acids is 2. The van der Waals surface area contributed by atoms with Gasteiger partial charge < -0.3 is 42.8 Å². The molecule has 3 saturated heterocycles. The third kappa shape index (κ3) is 8.27. The van der Waals surface area contributed by atoms with Crippen LogP contribution in [-0.4, -0.2) is 120 Å². The van der Waals surface area contributed by atoms with Crippen LogP contribution in [0.15, 0.2) is 23.8 Å². The molecule has 4 fully saturated rings. The number of allylic oxidation sites excluding steroid dienone is 4. The minimum atomic E-state index is -0.594. The SMILES string of the molecule is CCC1CCCC(OC2CCC(N(C)C)C(C)O2)C(C)C(=O)C2=CC3C(C=CC4CC(O[C@@H]5O[C@@H](C)[C@H](OC)[C@@H](OC)[C@H]5OC)CC43)C2CC(=O)O1. The van der Waals surface area contributed by atoms with Gasteiger partial charge in [-0.25, -0.2) is 0 Å². The van der Waals surface area contributed by atoms with Gasteiger partial charge in [0, 0.05) is 39.2 Å². The van der Waals surface area contributed by atoms with Crippen LogP contribution in [0.25, 0.3) is 0 Å². The van der Waals surface area contributed by atoms with Crippen molar-refractivity contribution < 1.29 is 47.5 Å². The molecule has 3 heterocycles. The summed E-state index contributed by atoms with van der Waals surface area (Å²) in [6, 6.07) is 0.339. The Hall–Kier alpha value is -1.70. The van der Waals surface area contributed by atoms with Gasteiger partial charge in [-0.2, -0.15) is 0 Å². The van der Waals surface area contributed by atoms with Gasteiger partial charge in [-0.15, -0.1) is 0 Å². The molecular weight excluding hydrogens is 666 g/mol. The van der Waals surface area contributed by atoms with E-state index in [9.17, 15) is 9.59 Å². The first-order valence-corrected chi connectivity index (χ1v) is 20.0. The van der Waals surface area contributed by atoms with Crippen LogP contribution in [0.1, 0.15) is 85.5 Å². The van der Waals surface area contributed by atoms with Crippen molar-refractivity contribution in [1.82, 2.24) is 4.90 Å². The van der Waals surface area contributed by atoms with Crippen LogP contribution in [0.3, 0.4) is 0 Å². The lowest BCUT2D eigenvalue weighted by Crippen LogP contribution is -2.59. The highest BCUT2D eigenvalue weighted by Gasteiger charge is 2.52. The number of esters is 1. The average Bonchev–Trinajstić information content (AvgIpc) is 3.70. The topological polar surface area (TPSA) is 111 Å². The highest BCUT2D eigenvalue weighted by molar-refractivity contribution is 5.99. The number of fused-ring (bicyclic) bond motifs is 5. The molecule has 12 unspecified atom stereocenters. The number of carbonyl (C=O) groups is 2. The van der Waals surface area contributed by atoms with Gasteiger partial charge in [-0.1, -0.05) is 32.1 Å². The smallest absolute Gasteiger partial charge is 0.306 e. The number of ether oxygens (including phenoxy) is 8. The van der Waals surface area contributed by atoms with Crippen LogP contribution < -0.4 is 0 Å². The molecule has 11 nitrogen and oxygen atoms in total. The van der Waals surface area contributed by atoms with Crippen molar-refractivity contribution in [3.8, 4) is 0 Å². The number of Topliss-reactive ketones (excluding diaryl/α,β-unsaturated/α-hetero) is 1. The maximum absolute atomic E-state index is 14.7. The summed E-state index contributed by atoms with van der Waals surface area (Å²) in [6.45, 7) is 8.17. The lowest BCUT2D eigenvalue weighted by atomic mass is 9.70. The number of likely N-dealkylation sites (N-methyl/N-ethyl adjacent to an activating group) is 1. The van der Waals surface area contributed by atoms with E-state index in [0.717, 1.165) is 50.5 Å². The third-order valence-electron chi connectivity index (χ3n) is 13.3. The normalized spacial score (nSPS) is 45.7. The zero-order valence-electron chi connectivity index (χ0n) is 32.9. The maximum atomic E-state index is 14.7. The quantitative estimate of drug-likeness (QED) is 0.222. The zero-order chi connectivity index (χ0) is 37.3. The van der Waals surface area contributed by atoms with Crippen molar-refractivity contribution in [1.29, 1.82) is 0 Å². The average molecular weight is 732 g/mol. The summed E-state index contributed by atoms with van der Waals surface area (Å²) >= 11 is 0. The molecule has 0 N–H and O–H groups in total. The molecule has 0 bridgehead atoms. The van der Waals surface area contributed by atoms with Crippen LogP contribution in [0.5, 0.6) is 0 Å². The predicted molar refractivity (Wildman–Crippen MR) is 194 cm³/mol. The fraction of sp³-hybridized carbons (Fsp3) is 0.854. The lowest BCUT2D eigenvalue weighted by molar-refractivity contribution is -0.314. The van der Waals surface area contributed by atoms with Crippen molar-refractivity contribution in [3.05, 3.63) is 23.8 Å². The molecule has 0 radical (unpaired) electrons. The van der Waals surface area contributed by atoms with Gasteiger partial charge in [0.1, 0.15) is 24.4 Å². The number of rotatable bonds is 9. The maximum Gasteiger partial charge on any atom is 0.306 e. The van der Waals surface area contributed by atoms with E-state index in [1.165, 1.54) is 0 Å². The Morgan fingerprint density at radius 3 is 2.25 bits per heavy atom. The molecule has 3 aliphatic heterocycles.